The number of unbranched alkanes of at least 4 members (excludes halogenated alkanes) is 6. The summed E-state index contributed by atoms with van der Waals surface area (Å²) in [5, 5.41) is 0. The van der Waals surface area contributed by atoms with Crippen LogP contribution in [0, 0.1) is 36.7 Å². The van der Waals surface area contributed by atoms with Crippen LogP contribution in [-0.4, -0.2) is 14.7 Å². The van der Waals surface area contributed by atoms with Gasteiger partial charge in [-0.15, -0.1) is 0 Å². The minimum absolute atomic E-state index is 0.314. The van der Waals surface area contributed by atoms with E-state index >= 15 is 0 Å². The molecule has 0 aromatic carbocycles. The zero-order valence-electron chi connectivity index (χ0n) is 14.9. The normalized spacial score (nSPS) is 14.0. The molecule has 3 N–H and O–H groups in total. The Labute approximate surface area is 157 Å². The summed E-state index contributed by atoms with van der Waals surface area (Å²) in [5.41, 5.74) is 0. The second-order valence-corrected chi connectivity index (χ2v) is 14.6. The summed E-state index contributed by atoms with van der Waals surface area (Å²) in [7, 11) is -4.64. The predicted octanol–water partition coefficient (Wildman–Crippen LogP) is 5.70. The molecule has 134 valence electrons. The van der Waals surface area contributed by atoms with E-state index in [1.165, 1.54) is 51.4 Å². The minimum atomic E-state index is -4.64. The summed E-state index contributed by atoms with van der Waals surface area (Å²) in [4.78, 5) is 21.6. The van der Waals surface area contributed by atoms with E-state index in [4.69, 9.17) is 19.2 Å². The molecule has 2 unspecified atom stereocenters. The van der Waals surface area contributed by atoms with Crippen LogP contribution in [0.4, 0.5) is 0 Å². The molecule has 0 aliphatic rings. The first-order valence-electron chi connectivity index (χ1n) is 8.75. The largest absolute Gasteiger partial charge is 0.466 e. The fraction of sp³-hybridized carbons (Fsp3) is 1.00. The topological polar surface area (TPSA) is 77.8 Å². The maximum absolute atomic E-state index is 8.88. The Morgan fingerprint density at radius 3 is 1.36 bits per heavy atom. The van der Waals surface area contributed by atoms with Crippen molar-refractivity contribution in [1.29, 1.82) is 0 Å². The minimum Gasteiger partial charge on any atom is -0.303 e. The molecule has 0 aliphatic carbocycles. The van der Waals surface area contributed by atoms with Gasteiger partial charge in [0.15, 0.2) is 0 Å². The summed E-state index contributed by atoms with van der Waals surface area (Å²) in [5.74, 6) is 0. The fourth-order valence-corrected chi connectivity index (χ4v) is 7.90. The van der Waals surface area contributed by atoms with Crippen molar-refractivity contribution in [3.05, 3.63) is 0 Å². The Bertz CT molecular complexity index is 247. The van der Waals surface area contributed by atoms with E-state index in [1.807, 2.05) is 0 Å². The van der Waals surface area contributed by atoms with Gasteiger partial charge in [-0.1, -0.05) is 0 Å². The molecule has 22 heavy (non-hydrogen) atoms. The number of phosphoric acid groups is 1. The van der Waals surface area contributed by atoms with Crippen molar-refractivity contribution in [2.24, 2.45) is 0 Å². The third-order valence-corrected chi connectivity index (χ3v) is 9.05. The van der Waals surface area contributed by atoms with Crippen LogP contribution < -0.4 is 0 Å². The van der Waals surface area contributed by atoms with Crippen LogP contribution in [0.5, 0.6) is 0 Å². The molecular formula is C16H37NdO4P. The molecule has 0 heterocycles. The summed E-state index contributed by atoms with van der Waals surface area (Å²) in [6.45, 7) is 9.69. The summed E-state index contributed by atoms with van der Waals surface area (Å²) in [6.07, 6.45) is 14.7. The quantitative estimate of drug-likeness (QED) is 0.254. The maximum Gasteiger partial charge on any atom is 0.466 e. The smallest absolute Gasteiger partial charge is 0.303 e. The van der Waals surface area contributed by atoms with Crippen LogP contribution in [-0.2, 0) is 4.57 Å². The third-order valence-electron chi connectivity index (χ3n) is 3.55. The maximum atomic E-state index is 8.88. The van der Waals surface area contributed by atoms with E-state index in [1.54, 1.807) is 12.8 Å². The Morgan fingerprint density at radius 1 is 0.773 bits per heavy atom. The molecule has 0 amide bonds. The van der Waals surface area contributed by atoms with Gasteiger partial charge >= 0.3 is 140 Å². The fourth-order valence-electron chi connectivity index (χ4n) is 2.41. The predicted molar refractivity (Wildman–Crippen MR) is 90.6 cm³/mol. The molecule has 0 aromatic heterocycles. The van der Waals surface area contributed by atoms with Gasteiger partial charge < -0.3 is 14.7 Å². The molecule has 0 aromatic rings. The van der Waals surface area contributed by atoms with Gasteiger partial charge in [0.25, 0.3) is 0 Å². The first-order valence-corrected chi connectivity index (χ1v) is 14.0. The van der Waals surface area contributed by atoms with Crippen LogP contribution in [0.15, 0.2) is 0 Å². The van der Waals surface area contributed by atoms with E-state index in [0.29, 0.717) is 0 Å². The zero-order valence-corrected chi connectivity index (χ0v) is 19.0. The standard InChI is InChI=1S/2C8H17.Nd.H3O4P/c2*1-3-5-7-8-6-4-2;;1-5(2,3)4/h2*3H,4-8H2,1-2H3;;(H3,1,2,3,4). The van der Waals surface area contributed by atoms with Crippen LogP contribution in [0.3, 0.4) is 0 Å². The zero-order chi connectivity index (χ0) is 17.4. The van der Waals surface area contributed by atoms with E-state index in [9.17, 15) is 0 Å². The molecule has 0 aliphatic heterocycles. The van der Waals surface area contributed by atoms with Crippen molar-refractivity contribution in [3.8, 4) is 0 Å². The monoisotopic (exact) mass is 466 g/mol. The summed E-state index contributed by atoms with van der Waals surface area (Å²) < 4.78 is 11.2. The average Bonchev–Trinajstić information content (AvgIpc) is 2.38. The van der Waals surface area contributed by atoms with Gasteiger partial charge in [0.1, 0.15) is 0 Å². The third kappa shape index (κ3) is 29.5. The molecule has 0 rings (SSSR count). The van der Waals surface area contributed by atoms with E-state index in [0.717, 1.165) is 3.14 Å². The molecule has 2 atom stereocenters. The van der Waals surface area contributed by atoms with Crippen molar-refractivity contribution in [3.63, 3.8) is 0 Å². The molecule has 0 bridgehead atoms. The van der Waals surface area contributed by atoms with Crippen LogP contribution in [0.1, 0.15) is 91.9 Å². The Morgan fingerprint density at radius 2 is 1.09 bits per heavy atom. The molecule has 6 heteroatoms. The van der Waals surface area contributed by atoms with Gasteiger partial charge in [-0.3, -0.25) is 0 Å². The van der Waals surface area contributed by atoms with Crippen LogP contribution in [0.25, 0.3) is 0 Å². The number of rotatable bonds is 12. The van der Waals surface area contributed by atoms with Gasteiger partial charge in [-0.25, -0.2) is 4.57 Å². The van der Waals surface area contributed by atoms with E-state index in [2.05, 4.69) is 27.7 Å². The number of hydrogen-bond donors (Lipinski definition) is 3. The first-order chi connectivity index (χ1) is 10.2. The van der Waals surface area contributed by atoms with Crippen LogP contribution >= 0.6 is 7.82 Å². The number of hydrogen-bond acceptors (Lipinski definition) is 1. The van der Waals surface area contributed by atoms with Crippen molar-refractivity contribution >= 4 is 7.82 Å². The average molecular weight is 469 g/mol. The summed E-state index contributed by atoms with van der Waals surface area (Å²) >= 11 is -0.314. The van der Waals surface area contributed by atoms with Crippen molar-refractivity contribution in [2.75, 3.05) is 0 Å². The molecule has 0 fully saturated rings. The van der Waals surface area contributed by atoms with Crippen LogP contribution in [0.2, 0.25) is 3.14 Å². The Kier molecular flexibility index (Phi) is 20.2. The first kappa shape index (κ1) is 25.7. The second kappa shape index (κ2) is 17.3. The molecule has 0 spiro atoms. The van der Waals surface area contributed by atoms with Gasteiger partial charge in [-0.2, -0.15) is 0 Å². The van der Waals surface area contributed by atoms with Crippen molar-refractivity contribution in [1.82, 2.24) is 0 Å². The molecular weight excluding hydrogens is 431 g/mol. The van der Waals surface area contributed by atoms with Gasteiger partial charge in [0, 0.05) is 0 Å². The van der Waals surface area contributed by atoms with Crippen molar-refractivity contribution < 1.29 is 56.0 Å². The van der Waals surface area contributed by atoms with E-state index < -0.39 is 7.82 Å². The molecule has 0 saturated heterocycles. The van der Waals surface area contributed by atoms with Gasteiger partial charge in [-0.05, 0) is 0 Å². The molecule has 4 nitrogen and oxygen atoms in total. The van der Waals surface area contributed by atoms with E-state index in [-0.39, 0.29) is 36.7 Å². The second-order valence-electron chi connectivity index (χ2n) is 6.18. The SMILES string of the molecule is CCCCCC[CH](C)[Nd][CH](C)CCCCCC.O=P(O)(O)O. The molecule has 0 saturated carbocycles. The van der Waals surface area contributed by atoms with Gasteiger partial charge in [0.2, 0.25) is 0 Å². The Balaban J connectivity index is 0. The molecule has 0 radical (unpaired) electrons. The summed E-state index contributed by atoms with van der Waals surface area (Å²) in [6, 6.07) is 0. The van der Waals surface area contributed by atoms with Gasteiger partial charge in [0.05, 0.1) is 0 Å². The Hall–Kier alpha value is 1.46. The van der Waals surface area contributed by atoms with Crippen molar-refractivity contribution in [2.45, 2.75) is 95.0 Å².